The summed E-state index contributed by atoms with van der Waals surface area (Å²) in [5.41, 5.74) is -0.287. The lowest BCUT2D eigenvalue weighted by Crippen LogP contribution is -2.33. The fraction of sp³-hybridized carbons (Fsp3) is 0.429. The summed E-state index contributed by atoms with van der Waals surface area (Å²) in [7, 11) is 1.17. The number of methoxy groups -OCH3 is 1. The Balaban J connectivity index is 3.16. The number of benzene rings is 1. The van der Waals surface area contributed by atoms with E-state index in [1.165, 1.54) is 13.2 Å². The van der Waals surface area contributed by atoms with Crippen molar-refractivity contribution in [2.24, 2.45) is 0 Å². The summed E-state index contributed by atoms with van der Waals surface area (Å²) in [6.07, 6.45) is 1.50. The van der Waals surface area contributed by atoms with Gasteiger partial charge in [0.2, 0.25) is 0 Å². The number of carbonyl (C=O) groups excluding carboxylic acids is 2. The fourth-order valence-corrected chi connectivity index (χ4v) is 1.84. The quantitative estimate of drug-likeness (QED) is 0.493. The van der Waals surface area contributed by atoms with Gasteiger partial charge in [0, 0.05) is 23.7 Å². The average Bonchev–Trinajstić information content (AvgIpc) is 2.50. The Hall–Kier alpha value is -2.44. The molecular formula is C14H18N2O5. The van der Waals surface area contributed by atoms with Crippen LogP contribution < -0.4 is 5.32 Å². The molecule has 0 fully saturated rings. The number of ether oxygens (including phenoxy) is 1. The highest BCUT2D eigenvalue weighted by Gasteiger charge is 2.19. The third-order valence-corrected chi connectivity index (χ3v) is 3.13. The molecule has 1 N–H and O–H groups in total. The van der Waals surface area contributed by atoms with Gasteiger partial charge in [-0.3, -0.25) is 14.9 Å². The van der Waals surface area contributed by atoms with Crippen LogP contribution in [0.3, 0.4) is 0 Å². The summed E-state index contributed by atoms with van der Waals surface area (Å²) in [6, 6.07) is 3.50. The predicted molar refractivity (Wildman–Crippen MR) is 76.3 cm³/mol. The van der Waals surface area contributed by atoms with Gasteiger partial charge in [-0.2, -0.15) is 0 Å². The Morgan fingerprint density at radius 3 is 2.29 bits per heavy atom. The molecule has 0 radical (unpaired) electrons. The molecule has 0 saturated carbocycles. The van der Waals surface area contributed by atoms with Crippen molar-refractivity contribution in [3.05, 3.63) is 39.4 Å². The molecule has 114 valence electrons. The van der Waals surface area contributed by atoms with Crippen molar-refractivity contribution in [3.8, 4) is 0 Å². The number of carbonyl (C=O) groups is 2. The molecule has 0 atom stereocenters. The Kier molecular flexibility index (Phi) is 5.83. The van der Waals surface area contributed by atoms with E-state index in [2.05, 4.69) is 10.1 Å². The number of nitro benzene ring substituents is 1. The van der Waals surface area contributed by atoms with Crippen LogP contribution in [0.2, 0.25) is 0 Å². The molecule has 1 amide bonds. The number of nitrogens with zero attached hydrogens (tertiary/aromatic N) is 1. The third-order valence-electron chi connectivity index (χ3n) is 3.13. The summed E-state index contributed by atoms with van der Waals surface area (Å²) in [5.74, 6) is -1.17. The van der Waals surface area contributed by atoms with Gasteiger partial charge in [0.1, 0.15) is 0 Å². The fourth-order valence-electron chi connectivity index (χ4n) is 1.84. The maximum atomic E-state index is 12.1. The van der Waals surface area contributed by atoms with Crippen molar-refractivity contribution in [2.75, 3.05) is 7.11 Å². The highest BCUT2D eigenvalue weighted by atomic mass is 16.6. The summed E-state index contributed by atoms with van der Waals surface area (Å²) in [4.78, 5) is 33.9. The molecule has 21 heavy (non-hydrogen) atoms. The van der Waals surface area contributed by atoms with Crippen LogP contribution in [0.15, 0.2) is 18.2 Å². The molecule has 7 nitrogen and oxygen atoms in total. The normalized spacial score (nSPS) is 10.3. The van der Waals surface area contributed by atoms with E-state index in [9.17, 15) is 19.7 Å². The minimum Gasteiger partial charge on any atom is -0.465 e. The Morgan fingerprint density at radius 2 is 1.81 bits per heavy atom. The molecule has 1 aromatic rings. The average molecular weight is 294 g/mol. The monoisotopic (exact) mass is 294 g/mol. The van der Waals surface area contributed by atoms with Crippen LogP contribution in [-0.2, 0) is 4.74 Å². The van der Waals surface area contributed by atoms with E-state index in [0.717, 1.165) is 25.0 Å². The first kappa shape index (κ1) is 16.6. The van der Waals surface area contributed by atoms with Crippen LogP contribution in [0.4, 0.5) is 5.69 Å². The van der Waals surface area contributed by atoms with Crippen molar-refractivity contribution < 1.29 is 19.2 Å². The summed E-state index contributed by atoms with van der Waals surface area (Å²) in [5, 5.41) is 13.7. The van der Waals surface area contributed by atoms with E-state index in [-0.39, 0.29) is 22.9 Å². The minimum atomic E-state index is -0.727. The van der Waals surface area contributed by atoms with Crippen molar-refractivity contribution in [1.82, 2.24) is 5.32 Å². The van der Waals surface area contributed by atoms with E-state index in [4.69, 9.17) is 0 Å². The van der Waals surface area contributed by atoms with Crippen LogP contribution in [0.25, 0.3) is 0 Å². The van der Waals surface area contributed by atoms with Crippen molar-refractivity contribution in [1.29, 1.82) is 0 Å². The molecule has 0 aliphatic heterocycles. The topological polar surface area (TPSA) is 98.5 Å². The Morgan fingerprint density at radius 1 is 1.24 bits per heavy atom. The zero-order valence-electron chi connectivity index (χ0n) is 12.2. The van der Waals surface area contributed by atoms with E-state index in [1.807, 2.05) is 13.8 Å². The molecule has 0 saturated heterocycles. The van der Waals surface area contributed by atoms with Gasteiger partial charge >= 0.3 is 5.97 Å². The zero-order valence-corrected chi connectivity index (χ0v) is 12.2. The molecule has 0 unspecified atom stereocenters. The number of non-ortho nitro benzene ring substituents is 1. The second kappa shape index (κ2) is 7.37. The van der Waals surface area contributed by atoms with Crippen LogP contribution in [0, 0.1) is 10.1 Å². The molecule has 1 aromatic carbocycles. The molecule has 0 heterocycles. The van der Waals surface area contributed by atoms with Gasteiger partial charge in [0.15, 0.2) is 0 Å². The highest BCUT2D eigenvalue weighted by molar-refractivity contribution is 5.99. The number of nitro groups is 1. The van der Waals surface area contributed by atoms with Gasteiger partial charge in [-0.1, -0.05) is 13.8 Å². The van der Waals surface area contributed by atoms with Gasteiger partial charge in [0.25, 0.3) is 11.6 Å². The lowest BCUT2D eigenvalue weighted by Gasteiger charge is -2.14. The SMILES string of the molecule is CCC(CC)NC(=O)c1cc(C(=O)OC)cc([N+](=O)[O-])c1. The summed E-state index contributed by atoms with van der Waals surface area (Å²) >= 11 is 0. The Labute approximate surface area is 122 Å². The molecule has 0 spiro atoms. The Bertz CT molecular complexity index is 552. The van der Waals surface area contributed by atoms with Gasteiger partial charge in [-0.05, 0) is 18.9 Å². The first-order valence-corrected chi connectivity index (χ1v) is 6.61. The van der Waals surface area contributed by atoms with E-state index in [1.54, 1.807) is 0 Å². The first-order chi connectivity index (χ1) is 9.92. The molecule has 0 aliphatic carbocycles. The second-order valence-corrected chi connectivity index (χ2v) is 4.50. The lowest BCUT2D eigenvalue weighted by molar-refractivity contribution is -0.384. The molecule has 0 aliphatic rings. The van der Waals surface area contributed by atoms with Crippen LogP contribution in [-0.4, -0.2) is 30.0 Å². The lowest BCUT2D eigenvalue weighted by atomic mass is 10.1. The summed E-state index contributed by atoms with van der Waals surface area (Å²) < 4.78 is 4.54. The van der Waals surface area contributed by atoms with Gasteiger partial charge in [0.05, 0.1) is 17.6 Å². The number of esters is 1. The third kappa shape index (κ3) is 4.27. The minimum absolute atomic E-state index is 0.0154. The van der Waals surface area contributed by atoms with Crippen molar-refractivity contribution >= 4 is 17.6 Å². The van der Waals surface area contributed by atoms with Crippen molar-refractivity contribution in [2.45, 2.75) is 32.7 Å². The second-order valence-electron chi connectivity index (χ2n) is 4.50. The largest absolute Gasteiger partial charge is 0.465 e. The predicted octanol–water partition coefficient (Wildman–Crippen LogP) is 2.30. The van der Waals surface area contributed by atoms with E-state index >= 15 is 0 Å². The molecule has 0 bridgehead atoms. The van der Waals surface area contributed by atoms with Crippen LogP contribution >= 0.6 is 0 Å². The van der Waals surface area contributed by atoms with E-state index in [0.29, 0.717) is 0 Å². The smallest absolute Gasteiger partial charge is 0.338 e. The first-order valence-electron chi connectivity index (χ1n) is 6.61. The maximum Gasteiger partial charge on any atom is 0.338 e. The van der Waals surface area contributed by atoms with Gasteiger partial charge in [-0.25, -0.2) is 4.79 Å². The molecule has 7 heteroatoms. The number of rotatable bonds is 6. The molecule has 0 aromatic heterocycles. The zero-order chi connectivity index (χ0) is 16.0. The molecular weight excluding hydrogens is 276 g/mol. The van der Waals surface area contributed by atoms with Crippen LogP contribution in [0.5, 0.6) is 0 Å². The number of nitrogens with one attached hydrogen (secondary N) is 1. The number of amides is 1. The van der Waals surface area contributed by atoms with Gasteiger partial charge in [-0.15, -0.1) is 0 Å². The molecule has 1 rings (SSSR count). The van der Waals surface area contributed by atoms with Crippen LogP contribution in [0.1, 0.15) is 47.4 Å². The van der Waals surface area contributed by atoms with E-state index < -0.39 is 16.8 Å². The standard InChI is InChI=1S/C14H18N2O5/c1-4-11(5-2)15-13(17)9-6-10(14(18)21-3)8-12(7-9)16(19)20/h6-8,11H,4-5H2,1-3H3,(H,15,17). The van der Waals surface area contributed by atoms with Crippen molar-refractivity contribution in [3.63, 3.8) is 0 Å². The maximum absolute atomic E-state index is 12.1. The summed E-state index contributed by atoms with van der Waals surface area (Å²) in [6.45, 7) is 3.86. The van der Waals surface area contributed by atoms with Gasteiger partial charge < -0.3 is 10.1 Å². The number of hydrogen-bond acceptors (Lipinski definition) is 5. The highest BCUT2D eigenvalue weighted by Crippen LogP contribution is 2.18. The number of hydrogen-bond donors (Lipinski definition) is 1.